The van der Waals surface area contributed by atoms with Crippen molar-refractivity contribution in [3.05, 3.63) is 23.0 Å². The molecule has 0 atom stereocenters. The number of nitrogens with zero attached hydrogens (tertiary/aromatic N) is 2. The van der Waals surface area contributed by atoms with Crippen molar-refractivity contribution in [3.63, 3.8) is 0 Å². The highest BCUT2D eigenvalue weighted by molar-refractivity contribution is 6.43. The first-order valence-electron chi connectivity index (χ1n) is 8.70. The number of nitrogens with two attached hydrogens (primary N) is 1. The van der Waals surface area contributed by atoms with Crippen molar-refractivity contribution in [1.82, 2.24) is 4.90 Å². The molecule has 0 bridgehead atoms. The van der Waals surface area contributed by atoms with E-state index in [2.05, 4.69) is 4.99 Å². The van der Waals surface area contributed by atoms with E-state index in [0.717, 1.165) is 4.90 Å². The minimum atomic E-state index is -4.85. The van der Waals surface area contributed by atoms with Gasteiger partial charge in [-0.15, -0.1) is 0 Å². The van der Waals surface area contributed by atoms with Gasteiger partial charge in [0.15, 0.2) is 5.71 Å². The van der Waals surface area contributed by atoms with Crippen LogP contribution < -0.4 is 5.73 Å². The van der Waals surface area contributed by atoms with Crippen molar-refractivity contribution in [2.24, 2.45) is 10.7 Å². The van der Waals surface area contributed by atoms with Crippen LogP contribution in [0.15, 0.2) is 28.0 Å². The second-order valence-corrected chi connectivity index (χ2v) is 7.33. The molecular weight excluding hydrogens is 379 g/mol. The number of hydrogen-bond acceptors (Lipinski definition) is 6. The average molecular weight is 405 g/mol. The quantitative estimate of drug-likeness (QED) is 0.572. The number of carbonyl (C=O) groups excluding carboxylic acids is 2. The van der Waals surface area contributed by atoms with Crippen LogP contribution in [-0.4, -0.2) is 53.6 Å². The second kappa shape index (κ2) is 8.66. The fraction of sp³-hybridized carbons (Fsp3) is 0.611. The number of hydrogen-bond donors (Lipinski definition) is 1. The van der Waals surface area contributed by atoms with E-state index in [9.17, 15) is 22.8 Å². The molecule has 0 saturated carbocycles. The first-order valence-corrected chi connectivity index (χ1v) is 8.70. The molecule has 0 spiro atoms. The van der Waals surface area contributed by atoms with Crippen LogP contribution in [0.2, 0.25) is 0 Å². The van der Waals surface area contributed by atoms with Crippen molar-refractivity contribution in [2.75, 3.05) is 13.2 Å². The Morgan fingerprint density at radius 3 is 2.29 bits per heavy atom. The van der Waals surface area contributed by atoms with Gasteiger partial charge in [-0.3, -0.25) is 9.89 Å². The lowest BCUT2D eigenvalue weighted by atomic mass is 9.99. The number of halogens is 3. The number of ether oxygens (including phenoxy) is 2. The van der Waals surface area contributed by atoms with Crippen LogP contribution in [0.1, 0.15) is 41.5 Å². The third-order valence-electron chi connectivity index (χ3n) is 3.30. The highest BCUT2D eigenvalue weighted by atomic mass is 19.4. The Labute approximate surface area is 162 Å². The molecule has 0 aromatic carbocycles. The van der Waals surface area contributed by atoms with Crippen LogP contribution in [0.25, 0.3) is 0 Å². The van der Waals surface area contributed by atoms with Crippen LogP contribution in [0.4, 0.5) is 18.0 Å². The van der Waals surface area contributed by atoms with Crippen molar-refractivity contribution in [1.29, 1.82) is 0 Å². The fourth-order valence-electron chi connectivity index (χ4n) is 2.27. The van der Waals surface area contributed by atoms with Crippen LogP contribution in [0, 0.1) is 0 Å². The predicted octanol–water partition coefficient (Wildman–Crippen LogP) is 3.31. The van der Waals surface area contributed by atoms with Gasteiger partial charge in [0.25, 0.3) is 0 Å². The fourth-order valence-corrected chi connectivity index (χ4v) is 2.27. The molecule has 2 N–H and O–H groups in total. The van der Waals surface area contributed by atoms with Gasteiger partial charge >= 0.3 is 18.2 Å². The molecule has 1 rings (SSSR count). The molecule has 0 aliphatic carbocycles. The highest BCUT2D eigenvalue weighted by Crippen LogP contribution is 2.34. The molecule has 0 fully saturated rings. The number of allylic oxidation sites excluding steroid dienone is 1. The van der Waals surface area contributed by atoms with Gasteiger partial charge in [0.1, 0.15) is 5.60 Å². The van der Waals surface area contributed by atoms with E-state index in [1.54, 1.807) is 41.5 Å². The Bertz CT molecular complexity index is 717. The zero-order chi connectivity index (χ0) is 21.9. The lowest BCUT2D eigenvalue weighted by Gasteiger charge is -2.31. The minimum Gasteiger partial charge on any atom is -0.461 e. The van der Waals surface area contributed by atoms with Crippen LogP contribution in [-0.2, 0) is 14.3 Å². The Kier molecular flexibility index (Phi) is 7.27. The smallest absolute Gasteiger partial charge is 0.419 e. The number of rotatable bonds is 4. The van der Waals surface area contributed by atoms with Gasteiger partial charge in [0.05, 0.1) is 24.4 Å². The maximum Gasteiger partial charge on any atom is 0.419 e. The summed E-state index contributed by atoms with van der Waals surface area (Å²) in [5.74, 6) is -0.915. The molecule has 7 nitrogen and oxygen atoms in total. The van der Waals surface area contributed by atoms with Crippen molar-refractivity contribution < 1.29 is 32.2 Å². The molecule has 1 aliphatic rings. The standard InChI is InChI=1S/C18H26F3N3O4/c1-7-27-15(25)14(23-10(2)3)11-8-24(16(26)28-17(4,5)6)9-12(13(11)22)18(19,20)21/h9-10H,7-8,22H2,1-6H3. The first kappa shape index (κ1) is 23.5. The Hall–Kier alpha value is -2.52. The summed E-state index contributed by atoms with van der Waals surface area (Å²) in [4.78, 5) is 29.5. The molecule has 0 saturated heterocycles. The lowest BCUT2D eigenvalue weighted by molar-refractivity contribution is -0.135. The van der Waals surface area contributed by atoms with Gasteiger partial charge in [-0.2, -0.15) is 13.2 Å². The van der Waals surface area contributed by atoms with E-state index in [0.29, 0.717) is 6.20 Å². The molecule has 1 aliphatic heterocycles. The van der Waals surface area contributed by atoms with Crippen molar-refractivity contribution >= 4 is 17.8 Å². The molecule has 0 unspecified atom stereocenters. The molecule has 10 heteroatoms. The number of esters is 1. The number of amides is 1. The normalized spacial score (nSPS) is 16.3. The zero-order valence-corrected chi connectivity index (χ0v) is 16.8. The van der Waals surface area contributed by atoms with Gasteiger partial charge in [0, 0.05) is 17.8 Å². The van der Waals surface area contributed by atoms with Crippen molar-refractivity contribution in [3.8, 4) is 0 Å². The molecule has 0 radical (unpaired) electrons. The highest BCUT2D eigenvalue weighted by Gasteiger charge is 2.42. The number of alkyl halides is 3. The maximum absolute atomic E-state index is 13.5. The number of aliphatic imine (C=N–C) groups is 1. The molecule has 158 valence electrons. The van der Waals surface area contributed by atoms with Gasteiger partial charge in [-0.25, -0.2) is 9.59 Å². The lowest BCUT2D eigenvalue weighted by Crippen LogP contribution is -2.42. The van der Waals surface area contributed by atoms with Crippen molar-refractivity contribution in [2.45, 2.75) is 59.4 Å². The first-order chi connectivity index (χ1) is 12.7. The third-order valence-corrected chi connectivity index (χ3v) is 3.30. The summed E-state index contributed by atoms with van der Waals surface area (Å²) in [6.45, 7) is 9.18. The topological polar surface area (TPSA) is 94.2 Å². The van der Waals surface area contributed by atoms with E-state index in [1.165, 1.54) is 0 Å². The predicted molar refractivity (Wildman–Crippen MR) is 97.5 cm³/mol. The van der Waals surface area contributed by atoms with E-state index in [1.807, 2.05) is 0 Å². The third kappa shape index (κ3) is 6.28. The zero-order valence-electron chi connectivity index (χ0n) is 16.8. The summed E-state index contributed by atoms with van der Waals surface area (Å²) in [6.07, 6.45) is -5.29. The molecule has 1 heterocycles. The second-order valence-electron chi connectivity index (χ2n) is 7.33. The number of carbonyl (C=O) groups is 2. The van der Waals surface area contributed by atoms with Gasteiger partial charge in [0.2, 0.25) is 0 Å². The maximum atomic E-state index is 13.5. The summed E-state index contributed by atoms with van der Waals surface area (Å²) in [5.41, 5.74) is 2.27. The minimum absolute atomic E-state index is 0.000874. The molecule has 0 aromatic heterocycles. The summed E-state index contributed by atoms with van der Waals surface area (Å²) in [6, 6.07) is -0.421. The van der Waals surface area contributed by atoms with Crippen LogP contribution >= 0.6 is 0 Å². The van der Waals surface area contributed by atoms with Crippen LogP contribution in [0.3, 0.4) is 0 Å². The van der Waals surface area contributed by atoms with Crippen LogP contribution in [0.5, 0.6) is 0 Å². The largest absolute Gasteiger partial charge is 0.461 e. The van der Waals surface area contributed by atoms with E-state index in [4.69, 9.17) is 15.2 Å². The Balaban J connectivity index is 3.51. The van der Waals surface area contributed by atoms with Gasteiger partial charge < -0.3 is 15.2 Å². The molecule has 1 amide bonds. The molecule has 0 aromatic rings. The van der Waals surface area contributed by atoms with E-state index in [-0.39, 0.29) is 17.9 Å². The average Bonchev–Trinajstić information content (AvgIpc) is 2.50. The Morgan fingerprint density at radius 2 is 1.86 bits per heavy atom. The molecule has 28 heavy (non-hydrogen) atoms. The van der Waals surface area contributed by atoms with E-state index >= 15 is 0 Å². The summed E-state index contributed by atoms with van der Waals surface area (Å²) >= 11 is 0. The summed E-state index contributed by atoms with van der Waals surface area (Å²) < 4.78 is 50.5. The van der Waals surface area contributed by atoms with Gasteiger partial charge in [-0.05, 0) is 41.5 Å². The van der Waals surface area contributed by atoms with Gasteiger partial charge in [-0.1, -0.05) is 0 Å². The summed E-state index contributed by atoms with van der Waals surface area (Å²) in [5, 5.41) is 0. The SMILES string of the molecule is CCOC(=O)C(=NC(C)C)C1=C(N)C(C(F)(F)F)=CN(C(=O)OC(C)(C)C)C1. The van der Waals surface area contributed by atoms with E-state index < -0.39 is 47.7 Å². The Morgan fingerprint density at radius 1 is 1.29 bits per heavy atom. The monoisotopic (exact) mass is 405 g/mol. The molecular formula is C18H26F3N3O4. The summed E-state index contributed by atoms with van der Waals surface area (Å²) in [7, 11) is 0.